The van der Waals surface area contributed by atoms with Crippen LogP contribution >= 0.6 is 0 Å². The second-order valence-electron chi connectivity index (χ2n) is 3.72. The van der Waals surface area contributed by atoms with Gasteiger partial charge in [-0.2, -0.15) is 5.10 Å². The van der Waals surface area contributed by atoms with E-state index >= 15 is 0 Å². The van der Waals surface area contributed by atoms with Crippen LogP contribution in [-0.2, 0) is 0 Å². The summed E-state index contributed by atoms with van der Waals surface area (Å²) in [4.78, 5) is 26.1. The van der Waals surface area contributed by atoms with Gasteiger partial charge in [0.2, 0.25) is 0 Å². The zero-order valence-electron chi connectivity index (χ0n) is 9.98. The van der Waals surface area contributed by atoms with Crippen molar-refractivity contribution in [2.24, 2.45) is 5.10 Å². The summed E-state index contributed by atoms with van der Waals surface area (Å²) in [6.45, 7) is 0. The van der Waals surface area contributed by atoms with Gasteiger partial charge in [0.15, 0.2) is 0 Å². The molecule has 0 bridgehead atoms. The Morgan fingerprint density at radius 3 is 2.63 bits per heavy atom. The Bertz CT molecular complexity index is 609. The summed E-state index contributed by atoms with van der Waals surface area (Å²) in [5.41, 5.74) is 4.18. The highest BCUT2D eigenvalue weighted by molar-refractivity contribution is 5.94. The van der Waals surface area contributed by atoms with E-state index < -0.39 is 0 Å². The van der Waals surface area contributed by atoms with Crippen molar-refractivity contribution in [3.63, 3.8) is 0 Å². The van der Waals surface area contributed by atoms with E-state index in [-0.39, 0.29) is 5.91 Å². The molecule has 0 saturated carbocycles. The second-order valence-corrected chi connectivity index (χ2v) is 3.72. The Morgan fingerprint density at radius 1 is 1.16 bits per heavy atom. The first-order valence-corrected chi connectivity index (χ1v) is 5.58. The molecule has 1 aromatic carbocycles. The summed E-state index contributed by atoms with van der Waals surface area (Å²) in [6, 6.07) is 10.1. The molecular weight excluding hydrogens is 242 g/mol. The zero-order chi connectivity index (χ0) is 13.5. The number of nitrogens with one attached hydrogen (secondary N) is 1. The van der Waals surface area contributed by atoms with Gasteiger partial charge >= 0.3 is 0 Å². The lowest BCUT2D eigenvalue weighted by Crippen LogP contribution is -2.17. The Labute approximate surface area is 110 Å². The number of carbonyl (C=O) groups excluding carboxylic acids is 2. The van der Waals surface area contributed by atoms with Gasteiger partial charge in [-0.05, 0) is 23.8 Å². The number of hydrogen-bond acceptors (Lipinski definition) is 4. The molecule has 2 aromatic rings. The third-order valence-corrected chi connectivity index (χ3v) is 2.37. The highest BCUT2D eigenvalue weighted by Gasteiger charge is 2.01. The Morgan fingerprint density at radius 2 is 1.89 bits per heavy atom. The first kappa shape index (κ1) is 12.6. The quantitative estimate of drug-likeness (QED) is 0.511. The molecule has 19 heavy (non-hydrogen) atoms. The van der Waals surface area contributed by atoms with Crippen LogP contribution in [0.15, 0.2) is 53.9 Å². The van der Waals surface area contributed by atoms with Crippen LogP contribution in [0.25, 0.3) is 0 Å². The van der Waals surface area contributed by atoms with Gasteiger partial charge < -0.3 is 0 Å². The molecule has 1 amide bonds. The van der Waals surface area contributed by atoms with Gasteiger partial charge in [0.1, 0.15) is 6.29 Å². The highest BCUT2D eigenvalue weighted by atomic mass is 16.2. The number of pyridine rings is 1. The van der Waals surface area contributed by atoms with Crippen molar-refractivity contribution in [3.05, 3.63) is 65.5 Å². The number of aldehydes is 1. The van der Waals surface area contributed by atoms with Gasteiger partial charge in [-0.3, -0.25) is 14.6 Å². The van der Waals surface area contributed by atoms with Crippen LogP contribution in [0, 0.1) is 0 Å². The molecule has 94 valence electrons. The Balaban J connectivity index is 2.00. The van der Waals surface area contributed by atoms with Crippen molar-refractivity contribution < 1.29 is 9.59 Å². The summed E-state index contributed by atoms with van der Waals surface area (Å²) in [7, 11) is 0. The Hall–Kier alpha value is -2.82. The predicted molar refractivity (Wildman–Crippen MR) is 71.1 cm³/mol. The molecule has 0 radical (unpaired) electrons. The van der Waals surface area contributed by atoms with Crippen molar-refractivity contribution >= 4 is 18.4 Å². The van der Waals surface area contributed by atoms with Crippen LogP contribution in [0.2, 0.25) is 0 Å². The predicted octanol–water partition coefficient (Wildman–Crippen LogP) is 1.66. The molecule has 0 aliphatic heterocycles. The third kappa shape index (κ3) is 3.57. The molecule has 2 rings (SSSR count). The lowest BCUT2D eigenvalue weighted by molar-refractivity contribution is 0.0954. The average Bonchev–Trinajstić information content (AvgIpc) is 2.48. The van der Waals surface area contributed by atoms with Crippen molar-refractivity contribution in [2.75, 3.05) is 0 Å². The fraction of sp³-hybridized carbons (Fsp3) is 0. The van der Waals surface area contributed by atoms with Gasteiger partial charge in [-0.15, -0.1) is 0 Å². The van der Waals surface area contributed by atoms with E-state index in [9.17, 15) is 9.59 Å². The van der Waals surface area contributed by atoms with Crippen molar-refractivity contribution in [3.8, 4) is 0 Å². The SMILES string of the molecule is O=Cc1cccc(/C=N/NC(=O)c2ccncc2)c1. The molecule has 1 aromatic heterocycles. The molecular formula is C14H11N3O2. The van der Waals surface area contributed by atoms with Crippen LogP contribution in [0.5, 0.6) is 0 Å². The standard InChI is InChI=1S/C14H11N3O2/c18-10-12-3-1-2-11(8-12)9-16-17-14(19)13-4-6-15-7-5-13/h1-10H,(H,17,19)/b16-9+. The number of amides is 1. The van der Waals surface area contributed by atoms with Gasteiger partial charge in [-0.25, -0.2) is 5.43 Å². The van der Waals surface area contributed by atoms with Crippen molar-refractivity contribution in [2.45, 2.75) is 0 Å². The summed E-state index contributed by atoms with van der Waals surface area (Å²) < 4.78 is 0. The number of rotatable bonds is 4. The second kappa shape index (κ2) is 6.20. The first-order valence-electron chi connectivity index (χ1n) is 5.58. The molecule has 0 aliphatic rings. The minimum atomic E-state index is -0.315. The van der Waals surface area contributed by atoms with Crippen molar-refractivity contribution in [1.82, 2.24) is 10.4 Å². The molecule has 0 unspecified atom stereocenters. The maximum absolute atomic E-state index is 11.6. The molecule has 0 aliphatic carbocycles. The summed E-state index contributed by atoms with van der Waals surface area (Å²) in [6.07, 6.45) is 5.30. The summed E-state index contributed by atoms with van der Waals surface area (Å²) in [5.74, 6) is -0.315. The van der Waals surface area contributed by atoms with E-state index in [2.05, 4.69) is 15.5 Å². The van der Waals surface area contributed by atoms with Crippen LogP contribution in [0.3, 0.4) is 0 Å². The van der Waals surface area contributed by atoms with Crippen LogP contribution in [0.4, 0.5) is 0 Å². The molecule has 0 spiro atoms. The van der Waals surface area contributed by atoms with E-state index in [0.717, 1.165) is 11.8 Å². The third-order valence-electron chi connectivity index (χ3n) is 2.37. The minimum absolute atomic E-state index is 0.315. The van der Waals surface area contributed by atoms with Gasteiger partial charge in [0.05, 0.1) is 6.21 Å². The summed E-state index contributed by atoms with van der Waals surface area (Å²) >= 11 is 0. The fourth-order valence-corrected chi connectivity index (χ4v) is 1.45. The lowest BCUT2D eigenvalue weighted by Gasteiger charge is -1.98. The summed E-state index contributed by atoms with van der Waals surface area (Å²) in [5, 5.41) is 3.83. The van der Waals surface area contributed by atoms with Crippen LogP contribution < -0.4 is 5.43 Å². The minimum Gasteiger partial charge on any atom is -0.298 e. The molecule has 0 atom stereocenters. The van der Waals surface area contributed by atoms with Gasteiger partial charge in [0.25, 0.3) is 5.91 Å². The number of benzene rings is 1. The zero-order valence-corrected chi connectivity index (χ0v) is 9.98. The average molecular weight is 253 g/mol. The number of carbonyl (C=O) groups is 2. The lowest BCUT2D eigenvalue weighted by atomic mass is 10.1. The molecule has 0 saturated heterocycles. The van der Waals surface area contributed by atoms with E-state index in [0.29, 0.717) is 11.1 Å². The first-order chi connectivity index (χ1) is 9.29. The smallest absolute Gasteiger partial charge is 0.271 e. The van der Waals surface area contributed by atoms with E-state index in [4.69, 9.17) is 0 Å². The topological polar surface area (TPSA) is 71.4 Å². The molecule has 1 N–H and O–H groups in total. The monoisotopic (exact) mass is 253 g/mol. The van der Waals surface area contributed by atoms with E-state index in [1.165, 1.54) is 18.6 Å². The number of nitrogens with zero attached hydrogens (tertiary/aromatic N) is 2. The number of hydrogen-bond donors (Lipinski definition) is 1. The van der Waals surface area contributed by atoms with Crippen LogP contribution in [-0.4, -0.2) is 23.4 Å². The molecule has 5 heteroatoms. The van der Waals surface area contributed by atoms with Crippen LogP contribution in [0.1, 0.15) is 26.3 Å². The maximum atomic E-state index is 11.6. The number of hydrazone groups is 1. The maximum Gasteiger partial charge on any atom is 0.271 e. The van der Waals surface area contributed by atoms with Gasteiger partial charge in [-0.1, -0.05) is 18.2 Å². The normalized spacial score (nSPS) is 10.3. The Kier molecular flexibility index (Phi) is 4.12. The van der Waals surface area contributed by atoms with Crippen molar-refractivity contribution in [1.29, 1.82) is 0 Å². The molecule has 0 fully saturated rings. The van der Waals surface area contributed by atoms with E-state index in [1.807, 2.05) is 0 Å². The molecule has 5 nitrogen and oxygen atoms in total. The highest BCUT2D eigenvalue weighted by Crippen LogP contribution is 2.00. The largest absolute Gasteiger partial charge is 0.298 e. The number of aromatic nitrogens is 1. The van der Waals surface area contributed by atoms with E-state index in [1.54, 1.807) is 36.4 Å². The fourth-order valence-electron chi connectivity index (χ4n) is 1.45. The van der Waals surface area contributed by atoms with Gasteiger partial charge in [0, 0.05) is 23.5 Å². The molecule has 1 heterocycles.